The highest BCUT2D eigenvalue weighted by atomic mass is 32.2. The van der Waals surface area contributed by atoms with Crippen LogP contribution in [0, 0.1) is 11.8 Å². The summed E-state index contributed by atoms with van der Waals surface area (Å²) in [5, 5.41) is 2.71. The molecule has 0 spiro atoms. The van der Waals surface area contributed by atoms with E-state index >= 15 is 0 Å². The van der Waals surface area contributed by atoms with E-state index < -0.39 is 9.84 Å². The Morgan fingerprint density at radius 2 is 2.12 bits per heavy atom. The standard InChI is InChI=1S/C11H22N2O3S/c1-2-17(15,16)7-6-13-11(14)10-5-3-4-9(10)8-12/h9-10H,2-8,12H2,1H3,(H,13,14). The van der Waals surface area contributed by atoms with Crippen LogP contribution in [-0.4, -0.2) is 38.9 Å². The van der Waals surface area contributed by atoms with Gasteiger partial charge in [0.1, 0.15) is 0 Å². The van der Waals surface area contributed by atoms with Gasteiger partial charge >= 0.3 is 0 Å². The summed E-state index contributed by atoms with van der Waals surface area (Å²) in [6.07, 6.45) is 2.91. The molecule has 100 valence electrons. The first-order chi connectivity index (χ1) is 8.00. The van der Waals surface area contributed by atoms with E-state index in [1.807, 2.05) is 0 Å². The Kier molecular flexibility index (Phi) is 5.39. The Bertz CT molecular complexity index is 354. The van der Waals surface area contributed by atoms with Crippen LogP contribution in [0.25, 0.3) is 0 Å². The van der Waals surface area contributed by atoms with E-state index in [9.17, 15) is 13.2 Å². The van der Waals surface area contributed by atoms with Gasteiger partial charge in [-0.2, -0.15) is 0 Å². The Balaban J connectivity index is 2.35. The minimum atomic E-state index is -3.00. The second-order valence-corrected chi connectivity index (χ2v) is 7.03. The van der Waals surface area contributed by atoms with Gasteiger partial charge in [0.05, 0.1) is 5.75 Å². The van der Waals surface area contributed by atoms with E-state index in [0.29, 0.717) is 6.54 Å². The molecule has 0 aromatic rings. The molecular formula is C11H22N2O3S. The van der Waals surface area contributed by atoms with E-state index in [4.69, 9.17) is 5.73 Å². The summed E-state index contributed by atoms with van der Waals surface area (Å²) in [6.45, 7) is 2.35. The molecule has 3 N–H and O–H groups in total. The van der Waals surface area contributed by atoms with Crippen molar-refractivity contribution in [2.75, 3.05) is 24.6 Å². The van der Waals surface area contributed by atoms with E-state index in [1.165, 1.54) is 0 Å². The van der Waals surface area contributed by atoms with Crippen molar-refractivity contribution in [3.63, 3.8) is 0 Å². The van der Waals surface area contributed by atoms with Crippen LogP contribution in [0.1, 0.15) is 26.2 Å². The maximum atomic E-state index is 11.8. The number of carbonyl (C=O) groups is 1. The Hall–Kier alpha value is -0.620. The predicted molar refractivity (Wildman–Crippen MR) is 67.2 cm³/mol. The molecule has 6 heteroatoms. The lowest BCUT2D eigenvalue weighted by Crippen LogP contribution is -2.37. The van der Waals surface area contributed by atoms with Gasteiger partial charge in [-0.25, -0.2) is 8.42 Å². The van der Waals surface area contributed by atoms with Crippen LogP contribution in [0.5, 0.6) is 0 Å². The third-order valence-electron chi connectivity index (χ3n) is 3.45. The topological polar surface area (TPSA) is 89.3 Å². The van der Waals surface area contributed by atoms with Crippen molar-refractivity contribution in [3.8, 4) is 0 Å². The summed E-state index contributed by atoms with van der Waals surface area (Å²) in [6, 6.07) is 0. The van der Waals surface area contributed by atoms with Crippen LogP contribution < -0.4 is 11.1 Å². The van der Waals surface area contributed by atoms with Crippen molar-refractivity contribution in [2.45, 2.75) is 26.2 Å². The fourth-order valence-corrected chi connectivity index (χ4v) is 2.97. The Morgan fingerprint density at radius 3 is 2.71 bits per heavy atom. The number of hydrogen-bond acceptors (Lipinski definition) is 4. The average molecular weight is 262 g/mol. The largest absolute Gasteiger partial charge is 0.355 e. The molecular weight excluding hydrogens is 240 g/mol. The minimum absolute atomic E-state index is 0.0231. The monoisotopic (exact) mass is 262 g/mol. The first-order valence-electron chi connectivity index (χ1n) is 6.18. The number of amides is 1. The van der Waals surface area contributed by atoms with Gasteiger partial charge in [-0.05, 0) is 25.3 Å². The van der Waals surface area contributed by atoms with E-state index in [0.717, 1.165) is 19.3 Å². The number of nitrogens with one attached hydrogen (secondary N) is 1. The molecule has 1 amide bonds. The molecule has 1 rings (SSSR count). The number of nitrogens with two attached hydrogens (primary N) is 1. The lowest BCUT2D eigenvalue weighted by atomic mass is 9.95. The molecule has 0 aromatic heterocycles. The Labute approximate surface area is 103 Å². The highest BCUT2D eigenvalue weighted by molar-refractivity contribution is 7.91. The lowest BCUT2D eigenvalue weighted by molar-refractivity contribution is -0.125. The molecule has 2 atom stereocenters. The van der Waals surface area contributed by atoms with Crippen molar-refractivity contribution in [1.82, 2.24) is 5.32 Å². The van der Waals surface area contributed by atoms with Crippen LogP contribution >= 0.6 is 0 Å². The summed E-state index contributed by atoms with van der Waals surface area (Å²) in [4.78, 5) is 11.8. The first-order valence-corrected chi connectivity index (χ1v) is 8.00. The highest BCUT2D eigenvalue weighted by Crippen LogP contribution is 2.30. The minimum Gasteiger partial charge on any atom is -0.355 e. The number of carbonyl (C=O) groups excluding carboxylic acids is 1. The molecule has 0 radical (unpaired) electrons. The molecule has 1 saturated carbocycles. The molecule has 1 aliphatic carbocycles. The predicted octanol–water partition coefficient (Wildman–Crippen LogP) is -0.0877. The maximum absolute atomic E-state index is 11.8. The van der Waals surface area contributed by atoms with Crippen LogP contribution in [0.2, 0.25) is 0 Å². The quantitative estimate of drug-likeness (QED) is 0.700. The van der Waals surface area contributed by atoms with Gasteiger partial charge in [0, 0.05) is 18.2 Å². The van der Waals surface area contributed by atoms with Gasteiger partial charge in [-0.15, -0.1) is 0 Å². The molecule has 1 fully saturated rings. The summed E-state index contributed by atoms with van der Waals surface area (Å²) in [5.41, 5.74) is 5.61. The third-order valence-corrected chi connectivity index (χ3v) is 5.16. The number of rotatable bonds is 6. The van der Waals surface area contributed by atoms with E-state index in [2.05, 4.69) is 5.32 Å². The van der Waals surface area contributed by atoms with Gasteiger partial charge in [0.25, 0.3) is 0 Å². The van der Waals surface area contributed by atoms with Crippen molar-refractivity contribution >= 4 is 15.7 Å². The molecule has 17 heavy (non-hydrogen) atoms. The van der Waals surface area contributed by atoms with Gasteiger partial charge in [0.2, 0.25) is 5.91 Å². The molecule has 0 saturated heterocycles. The van der Waals surface area contributed by atoms with E-state index in [-0.39, 0.29) is 35.8 Å². The summed E-state index contributed by atoms with van der Waals surface area (Å²) in [5.74, 6) is 0.346. The molecule has 5 nitrogen and oxygen atoms in total. The summed E-state index contributed by atoms with van der Waals surface area (Å²) < 4.78 is 22.5. The van der Waals surface area contributed by atoms with Crippen molar-refractivity contribution in [2.24, 2.45) is 17.6 Å². The van der Waals surface area contributed by atoms with Gasteiger partial charge in [0.15, 0.2) is 9.84 Å². The van der Waals surface area contributed by atoms with Crippen molar-refractivity contribution < 1.29 is 13.2 Å². The van der Waals surface area contributed by atoms with Crippen LogP contribution in [0.4, 0.5) is 0 Å². The zero-order chi connectivity index (χ0) is 12.9. The van der Waals surface area contributed by atoms with Gasteiger partial charge < -0.3 is 11.1 Å². The number of sulfone groups is 1. The molecule has 0 aromatic carbocycles. The zero-order valence-electron chi connectivity index (χ0n) is 10.3. The molecule has 1 aliphatic rings. The average Bonchev–Trinajstić information content (AvgIpc) is 2.76. The molecule has 0 bridgehead atoms. The smallest absolute Gasteiger partial charge is 0.223 e. The fraction of sp³-hybridized carbons (Fsp3) is 0.909. The van der Waals surface area contributed by atoms with Crippen LogP contribution in [-0.2, 0) is 14.6 Å². The van der Waals surface area contributed by atoms with Gasteiger partial charge in [-0.1, -0.05) is 13.3 Å². The second-order valence-electron chi connectivity index (χ2n) is 4.56. The number of hydrogen-bond donors (Lipinski definition) is 2. The Morgan fingerprint density at radius 1 is 1.41 bits per heavy atom. The molecule has 0 aliphatic heterocycles. The maximum Gasteiger partial charge on any atom is 0.223 e. The fourth-order valence-electron chi connectivity index (χ4n) is 2.27. The van der Waals surface area contributed by atoms with Gasteiger partial charge in [-0.3, -0.25) is 4.79 Å². The summed E-state index contributed by atoms with van der Waals surface area (Å²) in [7, 11) is -3.00. The highest BCUT2D eigenvalue weighted by Gasteiger charge is 2.31. The zero-order valence-corrected chi connectivity index (χ0v) is 11.1. The van der Waals surface area contributed by atoms with Crippen molar-refractivity contribution in [1.29, 1.82) is 0 Å². The lowest BCUT2D eigenvalue weighted by Gasteiger charge is -2.17. The third kappa shape index (κ3) is 4.27. The SMILES string of the molecule is CCS(=O)(=O)CCNC(=O)C1CCCC1CN. The second kappa shape index (κ2) is 6.35. The summed E-state index contributed by atoms with van der Waals surface area (Å²) >= 11 is 0. The van der Waals surface area contributed by atoms with E-state index in [1.54, 1.807) is 6.92 Å². The molecule has 0 heterocycles. The normalized spacial score (nSPS) is 24.8. The first kappa shape index (κ1) is 14.4. The van der Waals surface area contributed by atoms with Crippen LogP contribution in [0.15, 0.2) is 0 Å². The molecule has 2 unspecified atom stereocenters. The van der Waals surface area contributed by atoms with Crippen LogP contribution in [0.3, 0.4) is 0 Å². The van der Waals surface area contributed by atoms with Crippen molar-refractivity contribution in [3.05, 3.63) is 0 Å².